The van der Waals surface area contributed by atoms with Crippen LogP contribution in [0.1, 0.15) is 20.3 Å². The van der Waals surface area contributed by atoms with Crippen molar-refractivity contribution in [1.82, 2.24) is 4.90 Å². The molecule has 2 heterocycles. The lowest BCUT2D eigenvalue weighted by Crippen LogP contribution is -2.44. The summed E-state index contributed by atoms with van der Waals surface area (Å²) in [6.45, 7) is 4.58. The Morgan fingerprint density at radius 1 is 1.44 bits per heavy atom. The second kappa shape index (κ2) is 2.94. The second-order valence-electron chi connectivity index (χ2n) is 5.44. The molecule has 0 bridgehead atoms. The first-order valence-electron chi connectivity index (χ1n) is 5.66. The number of amides is 1. The second-order valence-corrected chi connectivity index (χ2v) is 5.44. The maximum absolute atomic E-state index is 12.2. The molecule has 0 unspecified atom stereocenters. The average Bonchev–Trinajstić information content (AvgIpc) is 2.66. The van der Waals surface area contributed by atoms with Crippen LogP contribution in [0.5, 0.6) is 0 Å². The van der Waals surface area contributed by atoms with Crippen molar-refractivity contribution in [3.05, 3.63) is 12.2 Å². The normalized spacial score (nSPS) is 40.1. The van der Waals surface area contributed by atoms with Gasteiger partial charge in [0.05, 0.1) is 18.1 Å². The number of carbonyl (C=O) groups excluding carboxylic acids is 2. The third-order valence-electron chi connectivity index (χ3n) is 3.79. The summed E-state index contributed by atoms with van der Waals surface area (Å²) in [5.74, 6) is 0.0829. The fraction of sp³-hybridized carbons (Fsp3) is 0.667. The predicted octanol–water partition coefficient (Wildman–Crippen LogP) is 0.725. The van der Waals surface area contributed by atoms with Gasteiger partial charge >= 0.3 is 0 Å². The molecule has 4 heteroatoms. The fourth-order valence-electron chi connectivity index (χ4n) is 3.00. The highest BCUT2D eigenvalue weighted by Gasteiger charge is 2.57. The molecule has 0 spiro atoms. The van der Waals surface area contributed by atoms with Crippen molar-refractivity contribution in [3.8, 4) is 0 Å². The lowest BCUT2D eigenvalue weighted by atomic mass is 9.85. The molecule has 16 heavy (non-hydrogen) atoms. The Kier molecular flexibility index (Phi) is 1.84. The van der Waals surface area contributed by atoms with Gasteiger partial charge in [0.25, 0.3) is 0 Å². The predicted molar refractivity (Wildman–Crippen MR) is 56.4 cm³/mol. The van der Waals surface area contributed by atoms with Crippen molar-refractivity contribution in [2.45, 2.75) is 32.0 Å². The summed E-state index contributed by atoms with van der Waals surface area (Å²) in [4.78, 5) is 25.4. The number of hydrogen-bond donors (Lipinski definition) is 0. The molecule has 3 rings (SSSR count). The van der Waals surface area contributed by atoms with Crippen molar-refractivity contribution in [1.29, 1.82) is 0 Å². The quantitative estimate of drug-likeness (QED) is 0.605. The van der Waals surface area contributed by atoms with Crippen molar-refractivity contribution < 1.29 is 14.3 Å². The van der Waals surface area contributed by atoms with E-state index in [4.69, 9.17) is 4.74 Å². The van der Waals surface area contributed by atoms with Gasteiger partial charge < -0.3 is 9.64 Å². The van der Waals surface area contributed by atoms with Gasteiger partial charge in [-0.3, -0.25) is 9.59 Å². The Morgan fingerprint density at radius 3 is 2.94 bits per heavy atom. The first kappa shape index (κ1) is 10.0. The number of rotatable bonds is 0. The van der Waals surface area contributed by atoms with E-state index in [0.29, 0.717) is 13.0 Å². The molecule has 3 aliphatic rings. The van der Waals surface area contributed by atoms with Gasteiger partial charge in [0, 0.05) is 12.3 Å². The third-order valence-corrected chi connectivity index (χ3v) is 3.79. The lowest BCUT2D eigenvalue weighted by molar-refractivity contribution is -0.134. The minimum Gasteiger partial charge on any atom is -0.356 e. The molecule has 0 saturated carbocycles. The Hall–Kier alpha value is -1.16. The van der Waals surface area contributed by atoms with Crippen LogP contribution in [0.4, 0.5) is 0 Å². The van der Waals surface area contributed by atoms with Gasteiger partial charge in [-0.05, 0) is 19.9 Å². The number of hydrogen-bond acceptors (Lipinski definition) is 3. The standard InChI is InChI=1S/C12H15NO3/c1-12(2)6-16-11-9-5-7(14)3-4-8(9)10(15)13(11)12/h3-4,8-9,11H,5-6H2,1-2H3/t8-,9+,11-/m1/s1. The smallest absolute Gasteiger partial charge is 0.232 e. The largest absolute Gasteiger partial charge is 0.356 e. The maximum atomic E-state index is 12.2. The van der Waals surface area contributed by atoms with Crippen molar-refractivity contribution in [2.75, 3.05) is 6.61 Å². The molecule has 2 aliphatic heterocycles. The van der Waals surface area contributed by atoms with Crippen LogP contribution in [0, 0.1) is 11.8 Å². The van der Waals surface area contributed by atoms with E-state index in [-0.39, 0.29) is 35.3 Å². The summed E-state index contributed by atoms with van der Waals surface area (Å²) in [6, 6.07) is 0. The number of ether oxygens (including phenoxy) is 1. The first-order valence-corrected chi connectivity index (χ1v) is 5.66. The highest BCUT2D eigenvalue weighted by molar-refractivity contribution is 5.95. The van der Waals surface area contributed by atoms with Gasteiger partial charge in [-0.2, -0.15) is 0 Å². The molecule has 0 aromatic heterocycles. The number of nitrogens with zero attached hydrogens (tertiary/aromatic N) is 1. The molecule has 1 aliphatic carbocycles. The Bertz CT molecular complexity index is 399. The molecule has 0 aromatic carbocycles. The zero-order chi connectivity index (χ0) is 11.5. The molecule has 86 valence electrons. The highest BCUT2D eigenvalue weighted by atomic mass is 16.5. The number of carbonyl (C=O) groups is 2. The van der Waals surface area contributed by atoms with E-state index in [1.54, 1.807) is 6.08 Å². The summed E-state index contributed by atoms with van der Waals surface area (Å²) < 4.78 is 5.70. The van der Waals surface area contributed by atoms with Crippen LogP contribution < -0.4 is 0 Å². The van der Waals surface area contributed by atoms with Gasteiger partial charge in [0.2, 0.25) is 5.91 Å². The Morgan fingerprint density at radius 2 is 2.19 bits per heavy atom. The third kappa shape index (κ3) is 1.13. The molecule has 1 amide bonds. The van der Waals surface area contributed by atoms with Crippen LogP contribution in [0.25, 0.3) is 0 Å². The van der Waals surface area contributed by atoms with Crippen LogP contribution in [-0.4, -0.2) is 35.0 Å². The van der Waals surface area contributed by atoms with Gasteiger partial charge in [-0.15, -0.1) is 0 Å². The summed E-state index contributed by atoms with van der Waals surface area (Å²) >= 11 is 0. The van der Waals surface area contributed by atoms with E-state index < -0.39 is 0 Å². The van der Waals surface area contributed by atoms with Gasteiger partial charge in [-0.1, -0.05) is 6.08 Å². The molecular formula is C12H15NO3. The molecule has 2 fully saturated rings. The fourth-order valence-corrected chi connectivity index (χ4v) is 3.00. The van der Waals surface area contributed by atoms with Crippen LogP contribution in [0.3, 0.4) is 0 Å². The van der Waals surface area contributed by atoms with E-state index in [9.17, 15) is 9.59 Å². The zero-order valence-corrected chi connectivity index (χ0v) is 9.47. The van der Waals surface area contributed by atoms with E-state index in [1.807, 2.05) is 18.7 Å². The Balaban J connectivity index is 1.99. The molecular weight excluding hydrogens is 206 g/mol. The first-order chi connectivity index (χ1) is 7.50. The average molecular weight is 221 g/mol. The number of fused-ring (bicyclic) bond motifs is 3. The maximum Gasteiger partial charge on any atom is 0.232 e. The van der Waals surface area contributed by atoms with Gasteiger partial charge in [-0.25, -0.2) is 0 Å². The Labute approximate surface area is 94.2 Å². The van der Waals surface area contributed by atoms with E-state index in [1.165, 1.54) is 6.08 Å². The molecule has 3 atom stereocenters. The molecule has 4 nitrogen and oxygen atoms in total. The zero-order valence-electron chi connectivity index (χ0n) is 9.47. The van der Waals surface area contributed by atoms with Crippen molar-refractivity contribution in [2.24, 2.45) is 11.8 Å². The minimum absolute atomic E-state index is 0.0202. The monoisotopic (exact) mass is 221 g/mol. The van der Waals surface area contributed by atoms with Crippen LogP contribution >= 0.6 is 0 Å². The van der Waals surface area contributed by atoms with E-state index >= 15 is 0 Å². The van der Waals surface area contributed by atoms with Crippen LogP contribution in [0.2, 0.25) is 0 Å². The summed E-state index contributed by atoms with van der Waals surface area (Å²) in [6.07, 6.45) is 3.52. The van der Waals surface area contributed by atoms with Crippen molar-refractivity contribution in [3.63, 3.8) is 0 Å². The van der Waals surface area contributed by atoms with E-state index in [0.717, 1.165) is 0 Å². The SMILES string of the molecule is CC1(C)CO[C@@H]2[C@H]3CC(=O)C=C[C@H]3C(=O)N21. The minimum atomic E-state index is -0.240. The van der Waals surface area contributed by atoms with Crippen molar-refractivity contribution >= 4 is 11.7 Å². The summed E-state index contributed by atoms with van der Waals surface area (Å²) in [5.41, 5.74) is -0.240. The molecule has 0 N–H and O–H groups in total. The number of ketones is 1. The molecule has 2 saturated heterocycles. The summed E-state index contributed by atoms with van der Waals surface area (Å²) in [7, 11) is 0. The molecule has 0 aromatic rings. The van der Waals surface area contributed by atoms with E-state index in [2.05, 4.69) is 0 Å². The molecule has 0 radical (unpaired) electrons. The van der Waals surface area contributed by atoms with Gasteiger partial charge in [0.15, 0.2) is 5.78 Å². The van der Waals surface area contributed by atoms with Gasteiger partial charge in [0.1, 0.15) is 6.23 Å². The van der Waals surface area contributed by atoms with Crippen LogP contribution in [-0.2, 0) is 14.3 Å². The van der Waals surface area contributed by atoms with Crippen LogP contribution in [0.15, 0.2) is 12.2 Å². The number of allylic oxidation sites excluding steroid dienone is 1. The summed E-state index contributed by atoms with van der Waals surface area (Å²) in [5, 5.41) is 0. The highest BCUT2D eigenvalue weighted by Crippen LogP contribution is 2.44. The lowest BCUT2D eigenvalue weighted by Gasteiger charge is -2.28. The topological polar surface area (TPSA) is 46.6 Å².